The van der Waals surface area contributed by atoms with Crippen molar-refractivity contribution in [3.05, 3.63) is 57.0 Å². The Hall–Kier alpha value is -2.90. The maximum atomic E-state index is 12.4. The van der Waals surface area contributed by atoms with Crippen LogP contribution in [0.3, 0.4) is 0 Å². The Bertz CT molecular complexity index is 864. The van der Waals surface area contributed by atoms with Crippen LogP contribution in [0.2, 0.25) is 0 Å². The van der Waals surface area contributed by atoms with Crippen LogP contribution < -0.4 is 16.1 Å². The predicted octanol–water partition coefficient (Wildman–Crippen LogP) is -0.559. The van der Waals surface area contributed by atoms with Crippen LogP contribution in [0.15, 0.2) is 40.2 Å². The summed E-state index contributed by atoms with van der Waals surface area (Å²) in [7, 11) is 3.10. The van der Waals surface area contributed by atoms with Gasteiger partial charge < -0.3 is 9.80 Å². The Morgan fingerprint density at radius 1 is 1.08 bits per heavy atom. The summed E-state index contributed by atoms with van der Waals surface area (Å²) in [5.74, 6) is 0.525. The smallest absolute Gasteiger partial charge is 0.332 e. The second kappa shape index (κ2) is 6.31. The maximum absolute atomic E-state index is 12.4. The molecule has 1 fully saturated rings. The largest absolute Gasteiger partial charge is 0.354 e. The number of hydrogen-bond acceptors (Lipinski definition) is 5. The predicted molar refractivity (Wildman–Crippen MR) is 89.3 cm³/mol. The van der Waals surface area contributed by atoms with Crippen LogP contribution >= 0.6 is 0 Å². The first-order valence-corrected chi connectivity index (χ1v) is 7.70. The fraction of sp³-hybridized carbons (Fsp3) is 0.375. The summed E-state index contributed by atoms with van der Waals surface area (Å²) in [4.78, 5) is 44.0. The lowest BCUT2D eigenvalue weighted by atomic mass is 10.2. The van der Waals surface area contributed by atoms with Crippen molar-refractivity contribution >= 4 is 11.7 Å². The van der Waals surface area contributed by atoms with E-state index in [1.165, 1.54) is 17.7 Å². The van der Waals surface area contributed by atoms with Gasteiger partial charge in [-0.15, -0.1) is 0 Å². The molecule has 2 aromatic rings. The van der Waals surface area contributed by atoms with Gasteiger partial charge in [-0.1, -0.05) is 0 Å². The molecule has 0 spiro atoms. The molecule has 2 aromatic heterocycles. The minimum Gasteiger partial charge on any atom is -0.354 e. The molecule has 126 valence electrons. The molecule has 8 heteroatoms. The highest BCUT2D eigenvalue weighted by Gasteiger charge is 2.24. The Balaban J connectivity index is 1.75. The molecule has 1 saturated heterocycles. The first-order valence-electron chi connectivity index (χ1n) is 7.70. The summed E-state index contributed by atoms with van der Waals surface area (Å²) in [6.45, 7) is 2.17. The number of amides is 1. The van der Waals surface area contributed by atoms with Gasteiger partial charge in [-0.3, -0.25) is 23.7 Å². The highest BCUT2D eigenvalue weighted by molar-refractivity contribution is 5.94. The van der Waals surface area contributed by atoms with Crippen LogP contribution in [0.4, 0.5) is 5.82 Å². The van der Waals surface area contributed by atoms with Crippen molar-refractivity contribution in [2.45, 2.75) is 0 Å². The molecule has 1 aliphatic rings. The van der Waals surface area contributed by atoms with Crippen LogP contribution in [-0.4, -0.2) is 51.1 Å². The van der Waals surface area contributed by atoms with Gasteiger partial charge in [-0.25, -0.2) is 4.79 Å². The molecule has 0 radical (unpaired) electrons. The Labute approximate surface area is 138 Å². The molecule has 24 heavy (non-hydrogen) atoms. The van der Waals surface area contributed by atoms with E-state index in [0.29, 0.717) is 37.6 Å². The number of pyridine rings is 1. The second-order valence-electron chi connectivity index (χ2n) is 5.76. The summed E-state index contributed by atoms with van der Waals surface area (Å²) in [5, 5.41) is 0. The normalized spacial score (nSPS) is 14.8. The van der Waals surface area contributed by atoms with E-state index >= 15 is 0 Å². The molecular weight excluding hydrogens is 310 g/mol. The lowest BCUT2D eigenvalue weighted by molar-refractivity contribution is 0.0746. The van der Waals surface area contributed by atoms with Crippen LogP contribution in [-0.2, 0) is 14.1 Å². The number of nitrogens with zero attached hydrogens (tertiary/aromatic N) is 5. The van der Waals surface area contributed by atoms with Crippen molar-refractivity contribution in [2.75, 3.05) is 31.1 Å². The van der Waals surface area contributed by atoms with Crippen LogP contribution in [0.1, 0.15) is 10.4 Å². The summed E-state index contributed by atoms with van der Waals surface area (Å²) in [6.07, 6.45) is 3.18. The highest BCUT2D eigenvalue weighted by Crippen LogP contribution is 2.14. The highest BCUT2D eigenvalue weighted by atomic mass is 16.2. The summed E-state index contributed by atoms with van der Waals surface area (Å²) in [5.41, 5.74) is -0.125. The number of anilines is 1. The molecule has 0 N–H and O–H groups in total. The monoisotopic (exact) mass is 329 g/mol. The van der Waals surface area contributed by atoms with Crippen LogP contribution in [0, 0.1) is 0 Å². The lowest BCUT2D eigenvalue weighted by Crippen LogP contribution is -2.51. The standard InChI is InChI=1S/C16H19N5O3/c1-18-13(10-14(22)19(2)16(18)24)20-6-8-21(9-7-20)15(23)12-4-3-5-17-11-12/h3-5,10-11H,6-9H2,1-2H3. The van der Waals surface area contributed by atoms with Gasteiger partial charge in [-0.05, 0) is 12.1 Å². The molecule has 0 atom stereocenters. The number of rotatable bonds is 2. The first-order chi connectivity index (χ1) is 11.5. The van der Waals surface area contributed by atoms with Gasteiger partial charge in [-0.2, -0.15) is 0 Å². The van der Waals surface area contributed by atoms with Gasteiger partial charge in [0, 0.05) is 58.7 Å². The molecule has 0 bridgehead atoms. The van der Waals surface area contributed by atoms with Crippen molar-refractivity contribution in [1.82, 2.24) is 19.0 Å². The molecule has 3 heterocycles. The zero-order valence-corrected chi connectivity index (χ0v) is 13.7. The van der Waals surface area contributed by atoms with E-state index in [2.05, 4.69) is 4.98 Å². The quantitative estimate of drug-likeness (QED) is 0.738. The van der Waals surface area contributed by atoms with E-state index in [4.69, 9.17) is 0 Å². The number of aromatic nitrogens is 3. The molecule has 0 unspecified atom stereocenters. The Morgan fingerprint density at radius 3 is 2.42 bits per heavy atom. The zero-order valence-electron chi connectivity index (χ0n) is 13.7. The molecule has 3 rings (SSSR count). The van der Waals surface area contributed by atoms with E-state index in [0.717, 1.165) is 4.57 Å². The van der Waals surface area contributed by atoms with E-state index in [1.54, 1.807) is 36.5 Å². The molecule has 0 saturated carbocycles. The first kappa shape index (κ1) is 16.0. The lowest BCUT2D eigenvalue weighted by Gasteiger charge is -2.36. The Morgan fingerprint density at radius 2 is 1.79 bits per heavy atom. The topological polar surface area (TPSA) is 80.4 Å². The molecule has 1 aliphatic heterocycles. The van der Waals surface area contributed by atoms with Crippen LogP contribution in [0.5, 0.6) is 0 Å². The maximum Gasteiger partial charge on any atom is 0.332 e. The third-order valence-corrected chi connectivity index (χ3v) is 4.30. The van der Waals surface area contributed by atoms with Crippen molar-refractivity contribution in [2.24, 2.45) is 14.1 Å². The summed E-state index contributed by atoms with van der Waals surface area (Å²) < 4.78 is 2.53. The van der Waals surface area contributed by atoms with Gasteiger partial charge in [0.2, 0.25) is 0 Å². The number of hydrogen-bond donors (Lipinski definition) is 0. The van der Waals surface area contributed by atoms with E-state index in [1.807, 2.05) is 4.90 Å². The average Bonchev–Trinajstić information content (AvgIpc) is 2.63. The van der Waals surface area contributed by atoms with Crippen molar-refractivity contribution in [1.29, 1.82) is 0 Å². The zero-order chi connectivity index (χ0) is 17.3. The fourth-order valence-electron chi connectivity index (χ4n) is 2.84. The van der Waals surface area contributed by atoms with Gasteiger partial charge in [0.1, 0.15) is 5.82 Å². The second-order valence-corrected chi connectivity index (χ2v) is 5.76. The number of piperazine rings is 1. The van der Waals surface area contributed by atoms with E-state index in [9.17, 15) is 14.4 Å². The van der Waals surface area contributed by atoms with Gasteiger partial charge in [0.15, 0.2) is 0 Å². The molecule has 1 amide bonds. The minimum absolute atomic E-state index is 0.0550. The van der Waals surface area contributed by atoms with Crippen molar-refractivity contribution < 1.29 is 4.79 Å². The average molecular weight is 329 g/mol. The van der Waals surface area contributed by atoms with Crippen molar-refractivity contribution in [3.8, 4) is 0 Å². The SMILES string of the molecule is Cn1c(N2CCN(C(=O)c3cccnc3)CC2)cc(=O)n(C)c1=O. The van der Waals surface area contributed by atoms with Gasteiger partial charge >= 0.3 is 5.69 Å². The third kappa shape index (κ3) is 2.82. The van der Waals surface area contributed by atoms with Crippen LogP contribution in [0.25, 0.3) is 0 Å². The number of carbonyl (C=O) groups excluding carboxylic acids is 1. The fourth-order valence-corrected chi connectivity index (χ4v) is 2.84. The van der Waals surface area contributed by atoms with Gasteiger partial charge in [0.25, 0.3) is 11.5 Å². The third-order valence-electron chi connectivity index (χ3n) is 4.30. The summed E-state index contributed by atoms with van der Waals surface area (Å²) >= 11 is 0. The molecular formula is C16H19N5O3. The molecule has 0 aliphatic carbocycles. The molecule has 8 nitrogen and oxygen atoms in total. The summed E-state index contributed by atoms with van der Waals surface area (Å²) in [6, 6.07) is 4.94. The minimum atomic E-state index is -0.355. The number of carbonyl (C=O) groups is 1. The van der Waals surface area contributed by atoms with E-state index in [-0.39, 0.29) is 17.2 Å². The van der Waals surface area contributed by atoms with E-state index < -0.39 is 0 Å². The Kier molecular flexibility index (Phi) is 4.20. The van der Waals surface area contributed by atoms with Crippen molar-refractivity contribution in [3.63, 3.8) is 0 Å². The molecule has 0 aromatic carbocycles. The van der Waals surface area contributed by atoms with Gasteiger partial charge in [0.05, 0.1) is 5.56 Å².